The molecule has 1 fully saturated rings. The number of ether oxygens (including phenoxy) is 1. The molecule has 1 aliphatic rings. The van der Waals surface area contributed by atoms with Crippen LogP contribution in [0.15, 0.2) is 29.1 Å². The summed E-state index contributed by atoms with van der Waals surface area (Å²) in [5.41, 5.74) is 0.444. The molecular formula is C25H33N5O6S2. The number of hydrogen-bond acceptors (Lipinski definition) is 10. The predicted molar refractivity (Wildman–Crippen MR) is 147 cm³/mol. The average Bonchev–Trinajstić information content (AvgIpc) is 3.22. The molecule has 206 valence electrons. The number of anilines is 2. The van der Waals surface area contributed by atoms with Crippen molar-refractivity contribution in [2.24, 2.45) is 0 Å². The number of rotatable bonds is 11. The normalized spacial score (nSPS) is 17.5. The number of carbonyl (C=O) groups is 1. The molecule has 38 heavy (non-hydrogen) atoms. The van der Waals surface area contributed by atoms with E-state index in [9.17, 15) is 28.4 Å². The number of sulfonamides is 1. The Morgan fingerprint density at radius 3 is 2.61 bits per heavy atom. The van der Waals surface area contributed by atoms with Crippen LogP contribution in [-0.4, -0.2) is 67.1 Å². The summed E-state index contributed by atoms with van der Waals surface area (Å²) in [5, 5.41) is 22.0. The van der Waals surface area contributed by atoms with Gasteiger partial charge in [-0.3, -0.25) is 19.0 Å². The van der Waals surface area contributed by atoms with Crippen LogP contribution in [0, 0.1) is 11.3 Å². The number of benzene rings is 1. The van der Waals surface area contributed by atoms with Crippen LogP contribution in [0.25, 0.3) is 11.8 Å². The van der Waals surface area contributed by atoms with E-state index < -0.39 is 16.0 Å². The Kier molecular flexibility index (Phi) is 10.5. The van der Waals surface area contributed by atoms with Gasteiger partial charge in [-0.2, -0.15) is 5.26 Å². The number of carbonyl (C=O) groups excluding carboxylic acids is 1. The van der Waals surface area contributed by atoms with Gasteiger partial charge in [0, 0.05) is 36.7 Å². The molecule has 13 heteroatoms. The predicted octanol–water partition coefficient (Wildman–Crippen LogP) is 0.606. The number of nitrogens with one attached hydrogen (secondary N) is 2. The summed E-state index contributed by atoms with van der Waals surface area (Å²) < 4.78 is 34.6. The topological polar surface area (TPSA) is 154 Å². The van der Waals surface area contributed by atoms with Crippen LogP contribution >= 0.6 is 11.3 Å². The summed E-state index contributed by atoms with van der Waals surface area (Å²) in [5.74, 6) is -0.852. The van der Waals surface area contributed by atoms with Gasteiger partial charge in [-0.25, -0.2) is 13.2 Å². The van der Waals surface area contributed by atoms with E-state index in [4.69, 9.17) is 4.74 Å². The van der Waals surface area contributed by atoms with Gasteiger partial charge in [0.2, 0.25) is 10.0 Å². The number of esters is 1. The quantitative estimate of drug-likeness (QED) is 0.334. The van der Waals surface area contributed by atoms with Crippen LogP contribution in [0.4, 0.5) is 11.4 Å². The Labute approximate surface area is 225 Å². The molecule has 1 aromatic heterocycles. The molecule has 1 aromatic carbocycles. The van der Waals surface area contributed by atoms with E-state index >= 15 is 0 Å². The highest BCUT2D eigenvalue weighted by Crippen LogP contribution is 2.18. The maximum Gasteiger partial charge on any atom is 0.351 e. The SMILES string of the molecule is CCOC(=O)C(C#N)=c1sc(=CNc2ccc(NS(=O)(=O)CCN3CCCCC3CO)cc2)c(=O)n1CC. The van der Waals surface area contributed by atoms with E-state index in [2.05, 4.69) is 10.0 Å². The minimum atomic E-state index is -3.58. The first kappa shape index (κ1) is 29.4. The summed E-state index contributed by atoms with van der Waals surface area (Å²) in [6.07, 6.45) is 4.40. The zero-order valence-corrected chi connectivity index (χ0v) is 23.1. The summed E-state index contributed by atoms with van der Waals surface area (Å²) in [6.45, 7) is 4.93. The highest BCUT2D eigenvalue weighted by Gasteiger charge is 2.23. The van der Waals surface area contributed by atoms with E-state index in [0.29, 0.717) is 22.5 Å². The van der Waals surface area contributed by atoms with Crippen molar-refractivity contribution in [1.82, 2.24) is 9.47 Å². The lowest BCUT2D eigenvalue weighted by Crippen LogP contribution is -2.44. The molecule has 1 aliphatic heterocycles. The van der Waals surface area contributed by atoms with Crippen LogP contribution in [0.5, 0.6) is 0 Å². The molecule has 3 rings (SSSR count). The van der Waals surface area contributed by atoms with E-state index in [1.807, 2.05) is 11.0 Å². The molecule has 0 amide bonds. The Morgan fingerprint density at radius 2 is 1.97 bits per heavy atom. The largest absolute Gasteiger partial charge is 0.462 e. The number of nitrogens with zero attached hydrogens (tertiary/aromatic N) is 3. The van der Waals surface area contributed by atoms with E-state index in [1.165, 1.54) is 10.8 Å². The Morgan fingerprint density at radius 1 is 1.26 bits per heavy atom. The molecule has 2 heterocycles. The van der Waals surface area contributed by atoms with E-state index in [1.54, 1.807) is 38.1 Å². The van der Waals surface area contributed by atoms with E-state index in [-0.39, 0.29) is 47.3 Å². The third-order valence-corrected chi connectivity index (χ3v) is 8.56. The third-order valence-electron chi connectivity index (χ3n) is 6.16. The van der Waals surface area contributed by atoms with Gasteiger partial charge >= 0.3 is 5.97 Å². The number of nitriles is 1. The summed E-state index contributed by atoms with van der Waals surface area (Å²) in [6, 6.07) is 8.40. The van der Waals surface area contributed by atoms with Crippen molar-refractivity contribution in [3.05, 3.63) is 43.8 Å². The van der Waals surface area contributed by atoms with Crippen molar-refractivity contribution < 1.29 is 23.1 Å². The van der Waals surface area contributed by atoms with E-state index in [0.717, 1.165) is 37.1 Å². The minimum Gasteiger partial charge on any atom is -0.462 e. The van der Waals surface area contributed by atoms with Crippen molar-refractivity contribution in [1.29, 1.82) is 5.26 Å². The van der Waals surface area contributed by atoms with Gasteiger partial charge in [0.25, 0.3) is 5.56 Å². The molecule has 0 radical (unpaired) electrons. The van der Waals surface area contributed by atoms with Crippen molar-refractivity contribution >= 4 is 50.5 Å². The molecule has 11 nitrogen and oxygen atoms in total. The van der Waals surface area contributed by atoms with Crippen molar-refractivity contribution in [3.63, 3.8) is 0 Å². The van der Waals surface area contributed by atoms with Gasteiger partial charge in [-0.05, 0) is 57.5 Å². The molecular weight excluding hydrogens is 530 g/mol. The lowest BCUT2D eigenvalue weighted by Gasteiger charge is -2.34. The number of aliphatic hydroxyl groups is 1. The van der Waals surface area contributed by atoms with Crippen molar-refractivity contribution in [2.45, 2.75) is 45.7 Å². The molecule has 0 aliphatic carbocycles. The average molecular weight is 564 g/mol. The number of hydrogen-bond donors (Lipinski definition) is 3. The second-order valence-electron chi connectivity index (χ2n) is 8.68. The van der Waals surface area contributed by atoms with Crippen LogP contribution in [0.1, 0.15) is 33.1 Å². The maximum absolute atomic E-state index is 12.8. The Balaban J connectivity index is 1.71. The summed E-state index contributed by atoms with van der Waals surface area (Å²) >= 11 is 1.01. The second kappa shape index (κ2) is 13.6. The molecule has 3 N–H and O–H groups in total. The fourth-order valence-corrected chi connectivity index (χ4v) is 6.34. The van der Waals surface area contributed by atoms with Gasteiger partial charge in [0.15, 0.2) is 5.57 Å². The van der Waals surface area contributed by atoms with Gasteiger partial charge in [0.1, 0.15) is 15.3 Å². The standard InChI is InChI=1S/C25H33N5O6S2/c1-3-30-23(32)22(37-24(30)21(15-26)25(33)36-4-2)16-27-18-8-10-19(11-9-18)28-38(34,35)14-13-29-12-6-5-7-20(29)17-31/h8-11,16,20,27-28,31H,3-7,12-14,17H2,1-2H3. The fourth-order valence-electron chi connectivity index (χ4n) is 4.19. The number of aliphatic hydroxyl groups excluding tert-OH is 1. The summed E-state index contributed by atoms with van der Waals surface area (Å²) in [4.78, 5) is 27.0. The molecule has 2 aromatic rings. The molecule has 0 saturated carbocycles. The maximum atomic E-state index is 12.8. The molecule has 1 atom stereocenters. The van der Waals surface area contributed by atoms with Gasteiger partial charge in [-0.1, -0.05) is 6.42 Å². The Bertz CT molecular complexity index is 1440. The number of piperidine rings is 1. The summed E-state index contributed by atoms with van der Waals surface area (Å²) in [7, 11) is -3.58. The van der Waals surface area contributed by atoms with Crippen LogP contribution in [0.3, 0.4) is 0 Å². The van der Waals surface area contributed by atoms with Crippen molar-refractivity contribution in [2.75, 3.05) is 42.1 Å². The highest BCUT2D eigenvalue weighted by molar-refractivity contribution is 7.92. The number of likely N-dealkylation sites (tertiary alicyclic amines) is 1. The lowest BCUT2D eigenvalue weighted by atomic mass is 10.0. The minimum absolute atomic E-state index is 0.0102. The molecule has 1 saturated heterocycles. The zero-order chi connectivity index (χ0) is 27.7. The molecule has 1 unspecified atom stereocenters. The number of aromatic nitrogens is 1. The van der Waals surface area contributed by atoms with Crippen molar-refractivity contribution in [3.8, 4) is 6.07 Å². The second-order valence-corrected chi connectivity index (χ2v) is 11.6. The van der Waals surface area contributed by atoms with Crippen LogP contribution < -0.4 is 24.8 Å². The fraction of sp³-hybridized carbons (Fsp3) is 0.480. The first-order chi connectivity index (χ1) is 18.2. The van der Waals surface area contributed by atoms with Crippen LogP contribution in [-0.2, 0) is 26.1 Å². The smallest absolute Gasteiger partial charge is 0.351 e. The third kappa shape index (κ3) is 7.44. The van der Waals surface area contributed by atoms with Crippen LogP contribution in [0.2, 0.25) is 0 Å². The lowest BCUT2D eigenvalue weighted by molar-refractivity contribution is -0.136. The number of thiazole rings is 1. The monoisotopic (exact) mass is 563 g/mol. The zero-order valence-electron chi connectivity index (χ0n) is 21.5. The first-order valence-electron chi connectivity index (χ1n) is 12.5. The molecule has 0 bridgehead atoms. The van der Waals surface area contributed by atoms with Gasteiger partial charge in [-0.15, -0.1) is 11.3 Å². The van der Waals surface area contributed by atoms with Gasteiger partial charge in [0.05, 0.1) is 19.0 Å². The first-order valence-corrected chi connectivity index (χ1v) is 14.9. The van der Waals surface area contributed by atoms with Gasteiger partial charge < -0.3 is 15.2 Å². The molecule has 0 spiro atoms. The highest BCUT2D eigenvalue weighted by atomic mass is 32.2. The Hall–Kier alpha value is -3.18.